The molecule has 0 bridgehead atoms. The molecule has 2 rings (SSSR count). The minimum atomic E-state index is -1.44. The topological polar surface area (TPSA) is 55.6 Å². The number of benzene rings is 1. The summed E-state index contributed by atoms with van der Waals surface area (Å²) in [4.78, 5) is 2.70. The lowest BCUT2D eigenvalue weighted by molar-refractivity contribution is 0.310. The molecule has 0 saturated heterocycles. The van der Waals surface area contributed by atoms with E-state index in [2.05, 4.69) is 4.90 Å². The molecule has 0 spiro atoms. The summed E-state index contributed by atoms with van der Waals surface area (Å²) < 4.78 is 16.5. The first kappa shape index (κ1) is 9.48. The van der Waals surface area contributed by atoms with Gasteiger partial charge in [0, 0.05) is 7.05 Å². The van der Waals surface area contributed by atoms with Gasteiger partial charge in [-0.1, -0.05) is 0 Å². The predicted octanol–water partition coefficient (Wildman–Crippen LogP) is 0.496. The quantitative estimate of drug-likeness (QED) is 0.737. The summed E-state index contributed by atoms with van der Waals surface area (Å²) in [5, 5.41) is 5.28. The summed E-state index contributed by atoms with van der Waals surface area (Å²) in [7, 11) is 0.564. The van der Waals surface area contributed by atoms with Crippen LogP contribution < -0.4 is 14.8 Å². The van der Waals surface area contributed by atoms with Gasteiger partial charge in [-0.25, -0.2) is 9.35 Å². The van der Waals surface area contributed by atoms with E-state index in [9.17, 15) is 4.21 Å². The van der Waals surface area contributed by atoms with E-state index in [1.807, 2.05) is 13.1 Å². The van der Waals surface area contributed by atoms with Crippen LogP contribution in [0.2, 0.25) is 0 Å². The van der Waals surface area contributed by atoms with E-state index in [4.69, 9.17) is 9.88 Å². The van der Waals surface area contributed by atoms with Gasteiger partial charge >= 0.3 is 0 Å². The number of anilines is 1. The highest BCUT2D eigenvalue weighted by Gasteiger charge is 2.15. The van der Waals surface area contributed by atoms with Crippen LogP contribution in [-0.2, 0) is 11.0 Å². The summed E-state index contributed by atoms with van der Waals surface area (Å²) in [5.74, 6) is 0.759. The molecular formula is C9H12N2O2S. The fourth-order valence-corrected chi connectivity index (χ4v) is 1.89. The molecule has 1 atom stereocenters. The second-order valence-electron chi connectivity index (χ2n) is 3.20. The van der Waals surface area contributed by atoms with Crippen molar-refractivity contribution in [1.29, 1.82) is 0 Å². The van der Waals surface area contributed by atoms with Gasteiger partial charge in [-0.15, -0.1) is 0 Å². The van der Waals surface area contributed by atoms with Crippen LogP contribution in [0.1, 0.15) is 0 Å². The van der Waals surface area contributed by atoms with Crippen molar-refractivity contribution in [3.8, 4) is 5.75 Å². The van der Waals surface area contributed by atoms with E-state index in [0.717, 1.165) is 18.0 Å². The van der Waals surface area contributed by atoms with Crippen molar-refractivity contribution in [2.45, 2.75) is 4.90 Å². The molecular weight excluding hydrogens is 200 g/mol. The monoisotopic (exact) mass is 212 g/mol. The van der Waals surface area contributed by atoms with Crippen molar-refractivity contribution in [3.05, 3.63) is 18.2 Å². The summed E-state index contributed by atoms with van der Waals surface area (Å²) in [5.41, 5.74) is 1.02. The summed E-state index contributed by atoms with van der Waals surface area (Å²) in [6, 6.07) is 5.38. The Morgan fingerprint density at radius 1 is 1.57 bits per heavy atom. The predicted molar refractivity (Wildman–Crippen MR) is 55.8 cm³/mol. The molecule has 1 aliphatic heterocycles. The zero-order chi connectivity index (χ0) is 10.1. The van der Waals surface area contributed by atoms with Gasteiger partial charge in [-0.3, -0.25) is 0 Å². The maximum absolute atomic E-state index is 11.0. The molecule has 0 fully saturated rings. The number of nitrogens with zero attached hydrogens (tertiary/aromatic N) is 1. The highest BCUT2D eigenvalue weighted by atomic mass is 32.2. The van der Waals surface area contributed by atoms with Gasteiger partial charge in [-0.05, 0) is 18.2 Å². The van der Waals surface area contributed by atoms with Crippen LogP contribution in [0.3, 0.4) is 0 Å². The third kappa shape index (κ3) is 1.60. The van der Waals surface area contributed by atoms with Crippen LogP contribution in [0.4, 0.5) is 5.69 Å². The molecule has 0 aliphatic carbocycles. The van der Waals surface area contributed by atoms with E-state index in [1.54, 1.807) is 12.1 Å². The standard InChI is InChI=1S/C9H12N2O2S/c1-11-4-5-13-9-6-7(14(10)12)2-3-8(9)11/h2-3,6H,4-5,10H2,1H3. The normalized spacial score (nSPS) is 17.1. The van der Waals surface area contributed by atoms with Gasteiger partial charge in [0.1, 0.15) is 23.3 Å². The van der Waals surface area contributed by atoms with E-state index in [0.29, 0.717) is 11.5 Å². The van der Waals surface area contributed by atoms with E-state index in [1.165, 1.54) is 0 Å². The van der Waals surface area contributed by atoms with E-state index in [-0.39, 0.29) is 0 Å². The third-order valence-corrected chi connectivity index (χ3v) is 2.98. The molecule has 2 N–H and O–H groups in total. The van der Waals surface area contributed by atoms with Crippen LogP contribution in [0, 0.1) is 0 Å². The SMILES string of the molecule is CN1CCOc2cc(S(N)=O)ccc21. The summed E-state index contributed by atoms with van der Waals surface area (Å²) >= 11 is 0. The number of hydrogen-bond acceptors (Lipinski definition) is 3. The van der Waals surface area contributed by atoms with Crippen molar-refractivity contribution in [2.75, 3.05) is 25.1 Å². The lowest BCUT2D eigenvalue weighted by atomic mass is 10.2. The minimum Gasteiger partial charge on any atom is -0.490 e. The Hall–Kier alpha value is -1.07. The number of fused-ring (bicyclic) bond motifs is 1. The average molecular weight is 212 g/mol. The Morgan fingerprint density at radius 2 is 2.36 bits per heavy atom. The molecule has 14 heavy (non-hydrogen) atoms. The number of likely N-dealkylation sites (N-methyl/N-ethyl adjacent to an activating group) is 1. The van der Waals surface area contributed by atoms with Gasteiger partial charge < -0.3 is 9.64 Å². The van der Waals surface area contributed by atoms with Crippen molar-refractivity contribution in [2.24, 2.45) is 5.14 Å². The summed E-state index contributed by atoms with van der Waals surface area (Å²) in [6.45, 7) is 1.53. The molecule has 1 aliphatic rings. The van der Waals surface area contributed by atoms with Crippen LogP contribution >= 0.6 is 0 Å². The second-order valence-corrected chi connectivity index (χ2v) is 4.26. The van der Waals surface area contributed by atoms with Crippen LogP contribution in [0.5, 0.6) is 5.75 Å². The van der Waals surface area contributed by atoms with Crippen molar-refractivity contribution < 1.29 is 8.95 Å². The van der Waals surface area contributed by atoms with Gasteiger partial charge in [-0.2, -0.15) is 0 Å². The second kappa shape index (κ2) is 3.59. The average Bonchev–Trinajstić information content (AvgIpc) is 2.17. The Balaban J connectivity index is 2.44. The molecule has 1 aromatic rings. The molecule has 5 heteroatoms. The largest absolute Gasteiger partial charge is 0.490 e. The Bertz CT molecular complexity index is 381. The van der Waals surface area contributed by atoms with Crippen molar-refractivity contribution in [1.82, 2.24) is 0 Å². The zero-order valence-electron chi connectivity index (χ0n) is 7.90. The van der Waals surface area contributed by atoms with Gasteiger partial charge in [0.25, 0.3) is 0 Å². The lowest BCUT2D eigenvalue weighted by Crippen LogP contribution is -2.28. The van der Waals surface area contributed by atoms with Crippen molar-refractivity contribution in [3.63, 3.8) is 0 Å². The number of hydrogen-bond donors (Lipinski definition) is 1. The van der Waals surface area contributed by atoms with Gasteiger partial charge in [0.15, 0.2) is 0 Å². The maximum Gasteiger partial charge on any atom is 0.143 e. The van der Waals surface area contributed by atoms with Gasteiger partial charge in [0.05, 0.1) is 17.1 Å². The first-order valence-electron chi connectivity index (χ1n) is 4.32. The van der Waals surface area contributed by atoms with Crippen LogP contribution in [-0.4, -0.2) is 24.4 Å². The Morgan fingerprint density at radius 3 is 3.07 bits per heavy atom. The molecule has 1 heterocycles. The molecule has 0 aromatic heterocycles. The van der Waals surface area contributed by atoms with E-state index >= 15 is 0 Å². The van der Waals surface area contributed by atoms with Crippen LogP contribution in [0.25, 0.3) is 0 Å². The molecule has 1 unspecified atom stereocenters. The summed E-state index contributed by atoms with van der Waals surface area (Å²) in [6.07, 6.45) is 0. The Labute approximate surface area is 85.2 Å². The number of ether oxygens (including phenoxy) is 1. The Kier molecular flexibility index (Phi) is 2.43. The number of nitrogens with two attached hydrogens (primary N) is 1. The van der Waals surface area contributed by atoms with Crippen molar-refractivity contribution >= 4 is 16.7 Å². The fourth-order valence-electron chi connectivity index (χ4n) is 1.46. The van der Waals surface area contributed by atoms with Gasteiger partial charge in [0.2, 0.25) is 0 Å². The molecule has 0 saturated carbocycles. The van der Waals surface area contributed by atoms with E-state index < -0.39 is 11.0 Å². The third-order valence-electron chi connectivity index (χ3n) is 2.26. The highest BCUT2D eigenvalue weighted by Crippen LogP contribution is 2.31. The first-order valence-corrected chi connectivity index (χ1v) is 5.54. The zero-order valence-corrected chi connectivity index (χ0v) is 8.71. The maximum atomic E-state index is 11.0. The molecule has 0 amide bonds. The number of rotatable bonds is 1. The minimum absolute atomic E-state index is 0.596. The molecule has 76 valence electrons. The van der Waals surface area contributed by atoms with Crippen LogP contribution in [0.15, 0.2) is 23.1 Å². The smallest absolute Gasteiger partial charge is 0.143 e. The highest BCUT2D eigenvalue weighted by molar-refractivity contribution is 7.82. The lowest BCUT2D eigenvalue weighted by Gasteiger charge is -2.27. The molecule has 1 aromatic carbocycles. The first-order chi connectivity index (χ1) is 6.68. The molecule has 4 nitrogen and oxygen atoms in total. The molecule has 0 radical (unpaired) electrons. The fraction of sp³-hybridized carbons (Fsp3) is 0.333.